The predicted molar refractivity (Wildman–Crippen MR) is 66.9 cm³/mol. The van der Waals surface area contributed by atoms with Crippen LogP contribution in [0, 0.1) is 0 Å². The Balaban J connectivity index is 2.24. The van der Waals surface area contributed by atoms with E-state index in [1.54, 1.807) is 7.11 Å². The molecule has 0 heterocycles. The molecule has 2 N–H and O–H groups in total. The Labute approximate surface area is 97.8 Å². The maximum absolute atomic E-state index is 6.14. The highest BCUT2D eigenvalue weighted by Crippen LogP contribution is 2.38. The molecular formula is C14H21NO. The number of rotatable bonds is 4. The van der Waals surface area contributed by atoms with Crippen LogP contribution in [-0.2, 0) is 6.42 Å². The van der Waals surface area contributed by atoms with E-state index in [0.29, 0.717) is 5.92 Å². The van der Waals surface area contributed by atoms with E-state index in [1.165, 1.54) is 11.1 Å². The van der Waals surface area contributed by atoms with Crippen LogP contribution >= 0.6 is 0 Å². The number of nitrogens with two attached hydrogens (primary N) is 1. The van der Waals surface area contributed by atoms with Crippen molar-refractivity contribution in [2.45, 2.75) is 44.6 Å². The Morgan fingerprint density at radius 2 is 2.06 bits per heavy atom. The number of hydrogen-bond donors (Lipinski definition) is 1. The van der Waals surface area contributed by atoms with E-state index in [2.05, 4.69) is 32.0 Å². The van der Waals surface area contributed by atoms with E-state index in [4.69, 9.17) is 10.5 Å². The van der Waals surface area contributed by atoms with Crippen LogP contribution < -0.4 is 10.5 Å². The third-order valence-electron chi connectivity index (χ3n) is 3.41. The van der Waals surface area contributed by atoms with E-state index < -0.39 is 0 Å². The van der Waals surface area contributed by atoms with Gasteiger partial charge >= 0.3 is 0 Å². The zero-order valence-electron chi connectivity index (χ0n) is 10.4. The molecule has 0 atom stereocenters. The van der Waals surface area contributed by atoms with Crippen LogP contribution in [0.15, 0.2) is 18.2 Å². The summed E-state index contributed by atoms with van der Waals surface area (Å²) in [6.45, 7) is 4.39. The normalized spacial score (nSPS) is 17.6. The molecule has 0 bridgehead atoms. The Morgan fingerprint density at radius 3 is 2.56 bits per heavy atom. The minimum Gasteiger partial charge on any atom is -0.496 e. The summed E-state index contributed by atoms with van der Waals surface area (Å²) in [5.74, 6) is 1.53. The summed E-state index contributed by atoms with van der Waals surface area (Å²) in [4.78, 5) is 0. The van der Waals surface area contributed by atoms with Gasteiger partial charge in [-0.25, -0.2) is 0 Å². The molecule has 0 aromatic heterocycles. The highest BCUT2D eigenvalue weighted by molar-refractivity contribution is 5.40. The number of methoxy groups -OCH3 is 1. The van der Waals surface area contributed by atoms with Gasteiger partial charge in [0.05, 0.1) is 7.11 Å². The highest BCUT2D eigenvalue weighted by atomic mass is 16.5. The van der Waals surface area contributed by atoms with Crippen molar-refractivity contribution in [1.29, 1.82) is 0 Å². The van der Waals surface area contributed by atoms with E-state index in [9.17, 15) is 0 Å². The van der Waals surface area contributed by atoms with Crippen molar-refractivity contribution in [2.75, 3.05) is 7.11 Å². The Hall–Kier alpha value is -1.02. The summed E-state index contributed by atoms with van der Waals surface area (Å²) in [6.07, 6.45) is 3.22. The Kier molecular flexibility index (Phi) is 2.94. The molecule has 0 saturated heterocycles. The molecule has 1 fully saturated rings. The molecule has 16 heavy (non-hydrogen) atoms. The van der Waals surface area contributed by atoms with E-state index >= 15 is 0 Å². The van der Waals surface area contributed by atoms with Gasteiger partial charge in [0.25, 0.3) is 0 Å². The zero-order valence-corrected chi connectivity index (χ0v) is 10.4. The minimum atomic E-state index is 0.0482. The lowest BCUT2D eigenvalue weighted by Crippen LogP contribution is -2.24. The minimum absolute atomic E-state index is 0.0482. The molecule has 0 aliphatic heterocycles. The fourth-order valence-corrected chi connectivity index (χ4v) is 1.98. The maximum Gasteiger partial charge on any atom is 0.122 e. The smallest absolute Gasteiger partial charge is 0.122 e. The first-order valence-corrected chi connectivity index (χ1v) is 6.00. The van der Waals surface area contributed by atoms with Crippen LogP contribution in [0.25, 0.3) is 0 Å². The lowest BCUT2D eigenvalue weighted by molar-refractivity contribution is 0.406. The van der Waals surface area contributed by atoms with Crippen molar-refractivity contribution in [3.8, 4) is 5.75 Å². The van der Waals surface area contributed by atoms with Crippen LogP contribution in [0.1, 0.15) is 43.7 Å². The average molecular weight is 219 g/mol. The molecule has 2 rings (SSSR count). The second-order valence-corrected chi connectivity index (χ2v) is 5.27. The van der Waals surface area contributed by atoms with Gasteiger partial charge in [0.1, 0.15) is 5.75 Å². The van der Waals surface area contributed by atoms with Crippen LogP contribution in [0.2, 0.25) is 0 Å². The third kappa shape index (κ3) is 2.38. The standard InChI is InChI=1S/C14H21NO/c1-10(2)11-4-5-12(13(8-11)16-3)9-14(15)6-7-14/h4-5,8,10H,6-7,9,15H2,1-3H3. The van der Waals surface area contributed by atoms with Crippen molar-refractivity contribution in [3.63, 3.8) is 0 Å². The summed E-state index contributed by atoms with van der Waals surface area (Å²) in [7, 11) is 1.74. The topological polar surface area (TPSA) is 35.2 Å². The predicted octanol–water partition coefficient (Wildman–Crippen LogP) is 2.85. The van der Waals surface area contributed by atoms with Crippen molar-refractivity contribution in [1.82, 2.24) is 0 Å². The van der Waals surface area contributed by atoms with Crippen molar-refractivity contribution in [2.24, 2.45) is 5.73 Å². The van der Waals surface area contributed by atoms with E-state index in [0.717, 1.165) is 25.0 Å². The summed E-state index contributed by atoms with van der Waals surface area (Å²) >= 11 is 0. The molecule has 2 heteroatoms. The average Bonchev–Trinajstić information content (AvgIpc) is 2.96. The van der Waals surface area contributed by atoms with Gasteiger partial charge in [-0.05, 0) is 42.4 Å². The molecule has 0 radical (unpaired) electrons. The monoisotopic (exact) mass is 219 g/mol. The number of benzene rings is 1. The molecular weight excluding hydrogens is 198 g/mol. The second-order valence-electron chi connectivity index (χ2n) is 5.27. The van der Waals surface area contributed by atoms with Crippen LogP contribution in [-0.4, -0.2) is 12.6 Å². The van der Waals surface area contributed by atoms with E-state index in [1.807, 2.05) is 0 Å². The molecule has 0 unspecified atom stereocenters. The molecule has 1 aliphatic carbocycles. The largest absolute Gasteiger partial charge is 0.496 e. The maximum atomic E-state index is 6.14. The Morgan fingerprint density at radius 1 is 1.38 bits per heavy atom. The van der Waals surface area contributed by atoms with E-state index in [-0.39, 0.29) is 5.54 Å². The lowest BCUT2D eigenvalue weighted by atomic mass is 9.97. The van der Waals surface area contributed by atoms with Gasteiger partial charge in [-0.3, -0.25) is 0 Å². The van der Waals surface area contributed by atoms with Gasteiger partial charge in [-0.15, -0.1) is 0 Å². The summed E-state index contributed by atoms with van der Waals surface area (Å²) < 4.78 is 5.45. The van der Waals surface area contributed by atoms with Gasteiger partial charge in [0, 0.05) is 5.54 Å². The first kappa shape index (κ1) is 11.5. The first-order chi connectivity index (χ1) is 7.54. The lowest BCUT2D eigenvalue weighted by Gasteiger charge is -2.15. The second kappa shape index (κ2) is 4.10. The Bertz CT molecular complexity index is 380. The third-order valence-corrected chi connectivity index (χ3v) is 3.41. The van der Waals surface area contributed by atoms with Crippen LogP contribution in [0.4, 0.5) is 0 Å². The van der Waals surface area contributed by atoms with Crippen LogP contribution in [0.5, 0.6) is 5.75 Å². The molecule has 1 saturated carbocycles. The zero-order chi connectivity index (χ0) is 11.8. The van der Waals surface area contributed by atoms with Gasteiger partial charge in [-0.2, -0.15) is 0 Å². The van der Waals surface area contributed by atoms with Crippen LogP contribution in [0.3, 0.4) is 0 Å². The molecule has 88 valence electrons. The molecule has 0 spiro atoms. The fourth-order valence-electron chi connectivity index (χ4n) is 1.98. The summed E-state index contributed by atoms with van der Waals surface area (Å²) in [6, 6.07) is 6.50. The number of ether oxygens (including phenoxy) is 1. The van der Waals surface area contributed by atoms with Crippen molar-refractivity contribution < 1.29 is 4.74 Å². The molecule has 0 amide bonds. The summed E-state index contributed by atoms with van der Waals surface area (Å²) in [5.41, 5.74) is 8.76. The SMILES string of the molecule is COc1cc(C(C)C)ccc1CC1(N)CC1. The molecule has 2 nitrogen and oxygen atoms in total. The highest BCUT2D eigenvalue weighted by Gasteiger charge is 2.38. The van der Waals surface area contributed by atoms with Gasteiger partial charge in [0.2, 0.25) is 0 Å². The van der Waals surface area contributed by atoms with Gasteiger partial charge in [0.15, 0.2) is 0 Å². The van der Waals surface area contributed by atoms with Crippen molar-refractivity contribution >= 4 is 0 Å². The van der Waals surface area contributed by atoms with Gasteiger partial charge < -0.3 is 10.5 Å². The summed E-state index contributed by atoms with van der Waals surface area (Å²) in [5, 5.41) is 0. The quantitative estimate of drug-likeness (QED) is 0.845. The molecule has 1 aromatic rings. The van der Waals surface area contributed by atoms with Crippen molar-refractivity contribution in [3.05, 3.63) is 29.3 Å². The molecule has 1 aliphatic rings. The van der Waals surface area contributed by atoms with Gasteiger partial charge in [-0.1, -0.05) is 26.0 Å². The number of hydrogen-bond acceptors (Lipinski definition) is 2. The fraction of sp³-hybridized carbons (Fsp3) is 0.571. The molecule has 1 aromatic carbocycles. The first-order valence-electron chi connectivity index (χ1n) is 6.00.